The number of Topliss-reactive ketones (excluding diaryl/α,β-unsaturated/α-hetero) is 1. The smallest absolute Gasteiger partial charge is 0.239 e. The van der Waals surface area contributed by atoms with E-state index in [1.54, 1.807) is 30.6 Å². The number of fused-ring (bicyclic) bond motifs is 2. The quantitative estimate of drug-likeness (QED) is 0.734. The molecule has 0 saturated heterocycles. The van der Waals surface area contributed by atoms with Crippen molar-refractivity contribution in [2.45, 2.75) is 25.3 Å². The standard InChI is InChI=1S/C19H21N5O4S/c1-12-9-21-17(22-10-12)15(25)8-13-3-4-16-14(7-13)19(5-6-28-16)11-29(26,27)24(2)18(20)23-19/h3-4,7,9-10H,5-6,8,11H2,1-2H3,(H2,20,23)/t19-/m0/s1. The molecule has 0 bridgehead atoms. The number of aliphatic imine (C=N–C) groups is 1. The van der Waals surface area contributed by atoms with E-state index >= 15 is 0 Å². The molecule has 1 spiro atoms. The molecule has 2 N–H and O–H groups in total. The van der Waals surface area contributed by atoms with Gasteiger partial charge in [-0.05, 0) is 30.2 Å². The van der Waals surface area contributed by atoms with E-state index in [4.69, 9.17) is 10.5 Å². The number of hydrogen-bond donors (Lipinski definition) is 1. The van der Waals surface area contributed by atoms with Crippen molar-refractivity contribution < 1.29 is 17.9 Å². The van der Waals surface area contributed by atoms with Crippen molar-refractivity contribution in [3.63, 3.8) is 0 Å². The Balaban J connectivity index is 1.71. The zero-order chi connectivity index (χ0) is 20.8. The lowest BCUT2D eigenvalue weighted by atomic mass is 9.85. The molecule has 0 fully saturated rings. The van der Waals surface area contributed by atoms with Gasteiger partial charge < -0.3 is 10.5 Å². The predicted molar refractivity (Wildman–Crippen MR) is 106 cm³/mol. The molecule has 4 rings (SSSR count). The highest BCUT2D eigenvalue weighted by Gasteiger charge is 2.46. The van der Waals surface area contributed by atoms with Crippen molar-refractivity contribution in [3.05, 3.63) is 53.1 Å². The maximum atomic E-state index is 12.6. The Morgan fingerprint density at radius 3 is 2.72 bits per heavy atom. The first-order valence-corrected chi connectivity index (χ1v) is 10.7. The summed E-state index contributed by atoms with van der Waals surface area (Å²) in [5.74, 6) is 0.207. The van der Waals surface area contributed by atoms with Gasteiger partial charge in [0.05, 0.1) is 12.4 Å². The maximum absolute atomic E-state index is 12.6. The predicted octanol–water partition coefficient (Wildman–Crippen LogP) is 0.778. The normalized spacial score (nSPS) is 22.6. The van der Waals surface area contributed by atoms with E-state index in [1.165, 1.54) is 7.05 Å². The Hall–Kier alpha value is -3.01. The zero-order valence-corrected chi connectivity index (χ0v) is 16.9. The van der Waals surface area contributed by atoms with Gasteiger partial charge in [-0.2, -0.15) is 0 Å². The lowest BCUT2D eigenvalue weighted by Crippen LogP contribution is -2.52. The van der Waals surface area contributed by atoms with Crippen molar-refractivity contribution in [1.82, 2.24) is 14.3 Å². The lowest BCUT2D eigenvalue weighted by molar-refractivity contribution is 0.0982. The maximum Gasteiger partial charge on any atom is 0.239 e. The summed E-state index contributed by atoms with van der Waals surface area (Å²) >= 11 is 0. The van der Waals surface area contributed by atoms with Crippen LogP contribution in [0.15, 0.2) is 35.6 Å². The number of aromatic nitrogens is 2. The van der Waals surface area contributed by atoms with E-state index in [0.29, 0.717) is 29.9 Å². The average Bonchev–Trinajstić information content (AvgIpc) is 2.67. The van der Waals surface area contributed by atoms with Gasteiger partial charge in [-0.3, -0.25) is 4.79 Å². The first kappa shape index (κ1) is 19.3. The number of ether oxygens (including phenoxy) is 1. The SMILES string of the molecule is Cc1cnc(C(=O)Cc2ccc3c(c2)[C@]2(CCO3)CS(=O)(=O)N(C)C(N)=N2)nc1. The number of benzene rings is 1. The summed E-state index contributed by atoms with van der Waals surface area (Å²) in [6.07, 6.45) is 3.65. The van der Waals surface area contributed by atoms with Crippen molar-refractivity contribution in [2.75, 3.05) is 19.4 Å². The van der Waals surface area contributed by atoms with Crippen LogP contribution in [-0.2, 0) is 22.0 Å². The summed E-state index contributed by atoms with van der Waals surface area (Å²) in [4.78, 5) is 25.2. The Morgan fingerprint density at radius 2 is 2.03 bits per heavy atom. The Labute approximate surface area is 168 Å². The highest BCUT2D eigenvalue weighted by Crippen LogP contribution is 2.43. The fraction of sp³-hybridized carbons (Fsp3) is 0.368. The van der Waals surface area contributed by atoms with Crippen LogP contribution in [0.25, 0.3) is 0 Å². The highest BCUT2D eigenvalue weighted by molar-refractivity contribution is 7.89. The second kappa shape index (κ2) is 6.80. The summed E-state index contributed by atoms with van der Waals surface area (Å²) in [5, 5.41) is 0. The Bertz CT molecular complexity index is 1110. The molecule has 3 heterocycles. The van der Waals surface area contributed by atoms with E-state index in [-0.39, 0.29) is 29.7 Å². The summed E-state index contributed by atoms with van der Waals surface area (Å²) in [6.45, 7) is 2.18. The summed E-state index contributed by atoms with van der Waals surface area (Å²) in [7, 11) is -2.22. The molecule has 1 aromatic heterocycles. The number of nitrogens with two attached hydrogens (primary N) is 1. The van der Waals surface area contributed by atoms with Crippen LogP contribution in [0.1, 0.15) is 33.7 Å². The Morgan fingerprint density at radius 1 is 1.31 bits per heavy atom. The first-order chi connectivity index (χ1) is 13.7. The molecule has 0 unspecified atom stereocenters. The average molecular weight is 415 g/mol. The third-order valence-corrected chi connectivity index (χ3v) is 7.07. The molecule has 10 heteroatoms. The second-order valence-corrected chi connectivity index (χ2v) is 9.34. The first-order valence-electron chi connectivity index (χ1n) is 9.10. The number of ketones is 1. The summed E-state index contributed by atoms with van der Waals surface area (Å²) in [6, 6.07) is 5.30. The lowest BCUT2D eigenvalue weighted by Gasteiger charge is -2.40. The highest BCUT2D eigenvalue weighted by atomic mass is 32.2. The third-order valence-electron chi connectivity index (χ3n) is 5.20. The topological polar surface area (TPSA) is 128 Å². The van der Waals surface area contributed by atoms with Gasteiger partial charge in [-0.1, -0.05) is 6.07 Å². The molecule has 9 nitrogen and oxygen atoms in total. The minimum atomic E-state index is -3.61. The van der Waals surface area contributed by atoms with E-state index in [0.717, 1.165) is 9.87 Å². The minimum absolute atomic E-state index is 0.0568. The molecule has 0 amide bonds. The van der Waals surface area contributed by atoms with Gasteiger partial charge in [-0.15, -0.1) is 0 Å². The van der Waals surface area contributed by atoms with Gasteiger partial charge in [0.15, 0.2) is 5.82 Å². The molecular formula is C19H21N5O4S. The van der Waals surface area contributed by atoms with Crippen LogP contribution in [0, 0.1) is 6.92 Å². The second-order valence-electron chi connectivity index (χ2n) is 7.34. The van der Waals surface area contributed by atoms with Crippen LogP contribution in [0.5, 0.6) is 5.75 Å². The fourth-order valence-electron chi connectivity index (χ4n) is 3.57. The van der Waals surface area contributed by atoms with Crippen LogP contribution >= 0.6 is 0 Å². The van der Waals surface area contributed by atoms with Crippen LogP contribution in [-0.4, -0.2) is 53.8 Å². The number of rotatable bonds is 3. The van der Waals surface area contributed by atoms with E-state index in [9.17, 15) is 13.2 Å². The van der Waals surface area contributed by atoms with Crippen molar-refractivity contribution in [2.24, 2.45) is 10.7 Å². The largest absolute Gasteiger partial charge is 0.493 e. The Kier molecular flexibility index (Phi) is 4.53. The van der Waals surface area contributed by atoms with E-state index < -0.39 is 15.6 Å². The third kappa shape index (κ3) is 3.44. The van der Waals surface area contributed by atoms with Gasteiger partial charge in [0.1, 0.15) is 11.3 Å². The number of sulfonamides is 1. The van der Waals surface area contributed by atoms with Crippen LogP contribution in [0.4, 0.5) is 0 Å². The number of nitrogens with zero attached hydrogens (tertiary/aromatic N) is 4. The van der Waals surface area contributed by atoms with Crippen molar-refractivity contribution >= 4 is 21.8 Å². The van der Waals surface area contributed by atoms with Gasteiger partial charge >= 0.3 is 0 Å². The van der Waals surface area contributed by atoms with E-state index in [1.807, 2.05) is 6.92 Å². The van der Waals surface area contributed by atoms with Crippen molar-refractivity contribution in [3.8, 4) is 5.75 Å². The molecule has 2 aliphatic heterocycles. The van der Waals surface area contributed by atoms with Crippen molar-refractivity contribution in [1.29, 1.82) is 0 Å². The van der Waals surface area contributed by atoms with Gasteiger partial charge in [0, 0.05) is 37.8 Å². The van der Waals surface area contributed by atoms with Crippen LogP contribution < -0.4 is 10.5 Å². The molecule has 2 aromatic rings. The number of hydrogen-bond acceptors (Lipinski definition) is 8. The number of carbonyl (C=O) groups excluding carboxylic acids is 1. The molecule has 0 saturated carbocycles. The van der Waals surface area contributed by atoms with Crippen LogP contribution in [0.2, 0.25) is 0 Å². The van der Waals surface area contributed by atoms with Gasteiger partial charge in [0.25, 0.3) is 0 Å². The molecule has 1 atom stereocenters. The zero-order valence-electron chi connectivity index (χ0n) is 16.1. The molecule has 0 aliphatic carbocycles. The number of guanidine groups is 1. The fourth-order valence-corrected chi connectivity index (χ4v) is 5.06. The minimum Gasteiger partial charge on any atom is -0.493 e. The molecule has 29 heavy (non-hydrogen) atoms. The molecule has 0 radical (unpaired) electrons. The summed E-state index contributed by atoms with van der Waals surface area (Å²) in [5.41, 5.74) is 7.08. The molecular weight excluding hydrogens is 394 g/mol. The number of aryl methyl sites for hydroxylation is 1. The van der Waals surface area contributed by atoms with Gasteiger partial charge in [0.2, 0.25) is 21.8 Å². The monoisotopic (exact) mass is 415 g/mol. The van der Waals surface area contributed by atoms with Crippen LogP contribution in [0.3, 0.4) is 0 Å². The molecule has 2 aliphatic rings. The van der Waals surface area contributed by atoms with E-state index in [2.05, 4.69) is 15.0 Å². The summed E-state index contributed by atoms with van der Waals surface area (Å²) < 4.78 is 31.9. The number of carbonyl (C=O) groups is 1. The molecule has 152 valence electrons. The van der Waals surface area contributed by atoms with Gasteiger partial charge in [-0.25, -0.2) is 27.7 Å². The molecule has 1 aromatic carbocycles.